The number of para-hydroxylation sites is 2. The Bertz CT molecular complexity index is 1190. The first kappa shape index (κ1) is 20.0. The minimum Gasteiger partial charge on any atom is -0.495 e. The van der Waals surface area contributed by atoms with Gasteiger partial charge in [0.1, 0.15) is 28.0 Å². The molecular weight excluding hydrogens is 398 g/mol. The van der Waals surface area contributed by atoms with Gasteiger partial charge in [-0.15, -0.1) is 0 Å². The summed E-state index contributed by atoms with van der Waals surface area (Å²) in [4.78, 5) is 21.1. The zero-order chi connectivity index (χ0) is 21.1. The van der Waals surface area contributed by atoms with E-state index in [4.69, 9.17) is 9.47 Å². The molecule has 0 unspecified atom stereocenters. The maximum Gasteiger partial charge on any atom is 0.318 e. The van der Waals surface area contributed by atoms with Gasteiger partial charge in [-0.2, -0.15) is 0 Å². The van der Waals surface area contributed by atoms with Crippen LogP contribution in [0.15, 0.2) is 72.1 Å². The van der Waals surface area contributed by atoms with E-state index in [2.05, 4.69) is 9.97 Å². The van der Waals surface area contributed by atoms with E-state index in [1.165, 1.54) is 25.2 Å². The Morgan fingerprint density at radius 1 is 1.03 bits per heavy atom. The molecule has 7 heteroatoms. The Kier molecular flexibility index (Phi) is 5.72. The Morgan fingerprint density at radius 3 is 2.50 bits per heavy atom. The van der Waals surface area contributed by atoms with Gasteiger partial charge in [0.05, 0.1) is 25.3 Å². The molecule has 30 heavy (non-hydrogen) atoms. The average molecular weight is 420 g/mol. The molecule has 2 aromatic carbocycles. The number of nitrogens with zero attached hydrogens (tertiary/aromatic N) is 3. The van der Waals surface area contributed by atoms with Crippen molar-refractivity contribution in [1.29, 1.82) is 0 Å². The van der Waals surface area contributed by atoms with Crippen LogP contribution in [0.4, 0.5) is 0 Å². The highest BCUT2D eigenvalue weighted by molar-refractivity contribution is 8.00. The molecule has 1 atom stereocenters. The molecule has 2 heterocycles. The number of aromatic nitrogens is 3. The van der Waals surface area contributed by atoms with Crippen LogP contribution in [0.2, 0.25) is 0 Å². The molecule has 0 aliphatic heterocycles. The van der Waals surface area contributed by atoms with Gasteiger partial charge in [-0.3, -0.25) is 9.36 Å². The largest absolute Gasteiger partial charge is 0.495 e. The van der Waals surface area contributed by atoms with Gasteiger partial charge < -0.3 is 9.47 Å². The number of thioether (sulfide) groups is 1. The van der Waals surface area contributed by atoms with E-state index in [0.29, 0.717) is 0 Å². The number of carbonyl (C=O) groups excluding carboxylic acids is 1. The van der Waals surface area contributed by atoms with Crippen molar-refractivity contribution in [2.24, 2.45) is 0 Å². The molecule has 2 aromatic heterocycles. The number of esters is 1. The molecule has 0 amide bonds. The Labute approximate surface area is 178 Å². The van der Waals surface area contributed by atoms with Gasteiger partial charge in [-0.25, -0.2) is 9.97 Å². The molecule has 0 saturated carbocycles. The van der Waals surface area contributed by atoms with Crippen molar-refractivity contribution in [1.82, 2.24) is 14.5 Å². The van der Waals surface area contributed by atoms with Gasteiger partial charge in [0, 0.05) is 11.8 Å². The predicted molar refractivity (Wildman–Crippen MR) is 118 cm³/mol. The van der Waals surface area contributed by atoms with Crippen molar-refractivity contribution in [3.05, 3.63) is 67.1 Å². The van der Waals surface area contributed by atoms with Gasteiger partial charge in [0.2, 0.25) is 0 Å². The number of rotatable bonds is 6. The van der Waals surface area contributed by atoms with Crippen LogP contribution in [-0.4, -0.2) is 40.0 Å². The quantitative estimate of drug-likeness (QED) is 0.255. The monoisotopic (exact) mass is 419 g/mol. The summed E-state index contributed by atoms with van der Waals surface area (Å²) in [5.41, 5.74) is 3.64. The van der Waals surface area contributed by atoms with Crippen molar-refractivity contribution < 1.29 is 14.3 Å². The number of methoxy groups -OCH3 is 2. The molecule has 4 rings (SSSR count). The number of carbonyl (C=O) groups is 1. The first-order chi connectivity index (χ1) is 14.6. The molecule has 0 fully saturated rings. The summed E-state index contributed by atoms with van der Waals surface area (Å²) in [6.07, 6.45) is 3.56. The van der Waals surface area contributed by atoms with E-state index >= 15 is 0 Å². The van der Waals surface area contributed by atoms with E-state index in [-0.39, 0.29) is 5.97 Å². The van der Waals surface area contributed by atoms with Crippen molar-refractivity contribution in [3.8, 4) is 22.6 Å². The van der Waals surface area contributed by atoms with Gasteiger partial charge in [-0.1, -0.05) is 54.2 Å². The number of fused-ring (bicyclic) bond motifs is 1. The van der Waals surface area contributed by atoms with Gasteiger partial charge in [0.25, 0.3) is 0 Å². The summed E-state index contributed by atoms with van der Waals surface area (Å²) in [6.45, 7) is 1.81. The van der Waals surface area contributed by atoms with Crippen LogP contribution in [0.25, 0.3) is 27.8 Å². The maximum absolute atomic E-state index is 12.0. The lowest BCUT2D eigenvalue weighted by Gasteiger charge is -2.11. The Morgan fingerprint density at radius 2 is 1.77 bits per heavy atom. The highest BCUT2D eigenvalue weighted by Gasteiger charge is 2.22. The van der Waals surface area contributed by atoms with Gasteiger partial charge in [0.15, 0.2) is 0 Å². The lowest BCUT2D eigenvalue weighted by atomic mass is 10.1. The van der Waals surface area contributed by atoms with Crippen molar-refractivity contribution >= 4 is 28.8 Å². The molecule has 0 bridgehead atoms. The molecule has 152 valence electrons. The normalized spacial score (nSPS) is 12.0. The second kappa shape index (κ2) is 8.59. The molecule has 0 aliphatic rings. The van der Waals surface area contributed by atoms with Crippen LogP contribution >= 0.6 is 11.8 Å². The second-order valence-corrected chi connectivity index (χ2v) is 7.94. The van der Waals surface area contributed by atoms with Crippen LogP contribution < -0.4 is 4.74 Å². The van der Waals surface area contributed by atoms with Crippen LogP contribution in [0.3, 0.4) is 0 Å². The van der Waals surface area contributed by atoms with Crippen molar-refractivity contribution in [2.75, 3.05) is 14.2 Å². The standard InChI is InChI=1S/C23H21N3O3S/c1-15(23(27)29-3)30-22-20-17(16-9-5-4-6-10-16)13-26(21(20)24-14-25-22)18-11-7-8-12-19(18)28-2/h4-15H,1-3H3/t15-/m1/s1. The first-order valence-electron chi connectivity index (χ1n) is 9.43. The number of hydrogen-bond donors (Lipinski definition) is 0. The zero-order valence-electron chi connectivity index (χ0n) is 16.9. The highest BCUT2D eigenvalue weighted by Crippen LogP contribution is 2.39. The fourth-order valence-electron chi connectivity index (χ4n) is 3.35. The van der Waals surface area contributed by atoms with E-state index < -0.39 is 5.25 Å². The molecule has 0 spiro atoms. The SMILES string of the molecule is COC(=O)[C@@H](C)Sc1ncnc2c1c(-c1ccccc1)cn2-c1ccccc1OC. The zero-order valence-corrected chi connectivity index (χ0v) is 17.7. The van der Waals surface area contributed by atoms with Gasteiger partial charge >= 0.3 is 5.97 Å². The number of benzene rings is 2. The van der Waals surface area contributed by atoms with E-state index in [1.807, 2.05) is 72.3 Å². The lowest BCUT2D eigenvalue weighted by molar-refractivity contribution is -0.139. The van der Waals surface area contributed by atoms with E-state index in [1.54, 1.807) is 7.11 Å². The van der Waals surface area contributed by atoms with Crippen molar-refractivity contribution in [2.45, 2.75) is 17.2 Å². The highest BCUT2D eigenvalue weighted by atomic mass is 32.2. The molecule has 0 aliphatic carbocycles. The average Bonchev–Trinajstić information content (AvgIpc) is 3.19. The van der Waals surface area contributed by atoms with Crippen LogP contribution in [0.1, 0.15) is 6.92 Å². The molecule has 0 N–H and O–H groups in total. The van der Waals surface area contributed by atoms with Crippen LogP contribution in [0, 0.1) is 0 Å². The third-order valence-corrected chi connectivity index (χ3v) is 5.88. The van der Waals surface area contributed by atoms with Crippen LogP contribution in [0.5, 0.6) is 5.75 Å². The molecule has 0 saturated heterocycles. The fraction of sp³-hybridized carbons (Fsp3) is 0.174. The van der Waals surface area contributed by atoms with Gasteiger partial charge in [-0.05, 0) is 24.6 Å². The molecular formula is C23H21N3O3S. The number of ether oxygens (including phenoxy) is 2. The molecule has 4 aromatic rings. The minimum atomic E-state index is -0.397. The summed E-state index contributed by atoms with van der Waals surface area (Å²) >= 11 is 1.36. The lowest BCUT2D eigenvalue weighted by Crippen LogP contribution is -2.14. The van der Waals surface area contributed by atoms with Crippen LogP contribution in [-0.2, 0) is 9.53 Å². The smallest absolute Gasteiger partial charge is 0.318 e. The summed E-state index contributed by atoms with van der Waals surface area (Å²) in [6, 6.07) is 17.9. The summed E-state index contributed by atoms with van der Waals surface area (Å²) in [5, 5.41) is 1.21. The number of hydrogen-bond acceptors (Lipinski definition) is 6. The first-order valence-corrected chi connectivity index (χ1v) is 10.3. The third kappa shape index (κ3) is 3.64. The molecule has 0 radical (unpaired) electrons. The van der Waals surface area contributed by atoms with E-state index in [0.717, 1.165) is 38.6 Å². The van der Waals surface area contributed by atoms with Crippen molar-refractivity contribution in [3.63, 3.8) is 0 Å². The predicted octanol–water partition coefficient (Wildman–Crippen LogP) is 4.75. The fourth-order valence-corrected chi connectivity index (χ4v) is 4.31. The topological polar surface area (TPSA) is 66.2 Å². The third-order valence-electron chi connectivity index (χ3n) is 4.80. The maximum atomic E-state index is 12.0. The minimum absolute atomic E-state index is 0.294. The summed E-state index contributed by atoms with van der Waals surface area (Å²) in [5.74, 6) is 0.446. The second-order valence-electron chi connectivity index (χ2n) is 6.61. The molecule has 6 nitrogen and oxygen atoms in total. The Hall–Kier alpha value is -3.32. The summed E-state index contributed by atoms with van der Waals surface area (Å²) in [7, 11) is 3.04. The Balaban J connectivity index is 1.97. The van der Waals surface area contributed by atoms with E-state index in [9.17, 15) is 4.79 Å². The summed E-state index contributed by atoms with van der Waals surface area (Å²) < 4.78 is 12.5.